The van der Waals surface area contributed by atoms with Crippen LogP contribution in [-0.2, 0) is 14.8 Å². The molecule has 0 aliphatic heterocycles. The second kappa shape index (κ2) is 7.91. The van der Waals surface area contributed by atoms with Crippen molar-refractivity contribution in [2.75, 3.05) is 12.0 Å². The van der Waals surface area contributed by atoms with Gasteiger partial charge in [-0.25, -0.2) is 18.1 Å². The predicted octanol–water partition coefficient (Wildman–Crippen LogP) is -0.0497. The van der Waals surface area contributed by atoms with Crippen LogP contribution in [0.3, 0.4) is 0 Å². The molecule has 0 aliphatic rings. The molecule has 0 spiro atoms. The number of nitrogens with two attached hydrogens (primary N) is 1. The van der Waals surface area contributed by atoms with Crippen molar-refractivity contribution in [2.45, 2.75) is 37.8 Å². The van der Waals surface area contributed by atoms with Crippen LogP contribution in [0.1, 0.15) is 26.7 Å². The van der Waals surface area contributed by atoms with Crippen molar-refractivity contribution in [1.29, 1.82) is 0 Å². The van der Waals surface area contributed by atoms with Crippen LogP contribution in [0.2, 0.25) is 0 Å². The lowest BCUT2D eigenvalue weighted by Gasteiger charge is -2.12. The van der Waals surface area contributed by atoms with E-state index in [4.69, 9.17) is 5.84 Å². The summed E-state index contributed by atoms with van der Waals surface area (Å²) in [6.07, 6.45) is 2.23. The van der Waals surface area contributed by atoms with Gasteiger partial charge in [-0.3, -0.25) is 10.6 Å². The number of hydrazine groups is 1. The highest BCUT2D eigenvalue weighted by Crippen LogP contribution is 2.15. The van der Waals surface area contributed by atoms with Crippen molar-refractivity contribution in [3.05, 3.63) is 18.3 Å². The van der Waals surface area contributed by atoms with Gasteiger partial charge in [0.05, 0.1) is 5.69 Å². The summed E-state index contributed by atoms with van der Waals surface area (Å²) in [6.45, 7) is 3.83. The fourth-order valence-corrected chi connectivity index (χ4v) is 2.65. The Kier molecular flexibility index (Phi) is 6.53. The van der Waals surface area contributed by atoms with E-state index in [9.17, 15) is 13.2 Å². The third-order valence-corrected chi connectivity index (χ3v) is 4.26. The van der Waals surface area contributed by atoms with Crippen molar-refractivity contribution in [3.63, 3.8) is 0 Å². The fraction of sp³-hybridized carbons (Fsp3) is 0.500. The van der Waals surface area contributed by atoms with Crippen molar-refractivity contribution in [3.8, 4) is 0 Å². The maximum Gasteiger partial charge on any atom is 0.260 e. The monoisotopic (exact) mass is 315 g/mol. The highest BCUT2D eigenvalue weighted by molar-refractivity contribution is 7.89. The molecule has 0 saturated carbocycles. The van der Waals surface area contributed by atoms with Crippen molar-refractivity contribution in [1.82, 2.24) is 15.0 Å². The molecule has 0 fully saturated rings. The highest BCUT2D eigenvalue weighted by Gasteiger charge is 2.19. The minimum atomic E-state index is -3.82. The maximum absolute atomic E-state index is 12.1. The normalized spacial score (nSPS) is 12.7. The average molecular weight is 315 g/mol. The summed E-state index contributed by atoms with van der Waals surface area (Å²) >= 11 is 0. The molecular weight excluding hydrogens is 294 g/mol. The zero-order valence-corrected chi connectivity index (χ0v) is 12.9. The Morgan fingerprint density at radius 2 is 2.19 bits per heavy atom. The Labute approximate surface area is 124 Å². The van der Waals surface area contributed by atoms with Crippen LogP contribution in [0.5, 0.6) is 0 Å². The molecule has 118 valence electrons. The second-order valence-electron chi connectivity index (χ2n) is 4.53. The van der Waals surface area contributed by atoms with Gasteiger partial charge in [-0.15, -0.1) is 0 Å². The molecule has 1 unspecified atom stereocenters. The predicted molar refractivity (Wildman–Crippen MR) is 79.7 cm³/mol. The third-order valence-electron chi connectivity index (χ3n) is 2.85. The van der Waals surface area contributed by atoms with Gasteiger partial charge in [0, 0.05) is 25.2 Å². The van der Waals surface area contributed by atoms with Gasteiger partial charge < -0.3 is 10.7 Å². The number of nitrogen functional groups attached to an aromatic ring is 1. The first-order valence-electron chi connectivity index (χ1n) is 6.61. The van der Waals surface area contributed by atoms with E-state index in [2.05, 4.69) is 20.4 Å². The number of nitrogens with zero attached hydrogens (tertiary/aromatic N) is 1. The van der Waals surface area contributed by atoms with Gasteiger partial charge in [0.25, 0.3) is 10.0 Å². The van der Waals surface area contributed by atoms with E-state index in [1.165, 1.54) is 12.3 Å². The van der Waals surface area contributed by atoms with Crippen LogP contribution in [0.15, 0.2) is 23.4 Å². The number of sulfonamides is 1. The minimum Gasteiger partial charge on any atom is -0.354 e. The van der Waals surface area contributed by atoms with Gasteiger partial charge in [0.2, 0.25) is 5.91 Å². The van der Waals surface area contributed by atoms with E-state index in [0.717, 1.165) is 6.42 Å². The summed E-state index contributed by atoms with van der Waals surface area (Å²) < 4.78 is 26.5. The average Bonchev–Trinajstić information content (AvgIpc) is 2.46. The summed E-state index contributed by atoms with van der Waals surface area (Å²) in [5.41, 5.74) is 2.46. The smallest absolute Gasteiger partial charge is 0.260 e. The molecule has 8 nitrogen and oxygen atoms in total. The SMILES string of the molecule is CCC(C)NC(=O)CCNS(=O)(=O)c1ncccc1NN. The van der Waals surface area contributed by atoms with Crippen LogP contribution in [0, 0.1) is 0 Å². The van der Waals surface area contributed by atoms with Crippen molar-refractivity contribution >= 4 is 21.6 Å². The standard InChI is InChI=1S/C12H21N5O3S/c1-3-9(2)16-11(18)6-8-15-21(19,20)12-10(17-13)5-4-7-14-12/h4-5,7,9,15,17H,3,6,8,13H2,1-2H3,(H,16,18). The summed E-state index contributed by atoms with van der Waals surface area (Å²) in [7, 11) is -3.82. The second-order valence-corrected chi connectivity index (χ2v) is 6.21. The fourth-order valence-electron chi connectivity index (χ4n) is 1.53. The maximum atomic E-state index is 12.1. The third kappa shape index (κ3) is 5.29. The number of rotatable bonds is 8. The summed E-state index contributed by atoms with van der Waals surface area (Å²) in [6, 6.07) is 3.13. The summed E-state index contributed by atoms with van der Waals surface area (Å²) in [4.78, 5) is 15.4. The topological polar surface area (TPSA) is 126 Å². The van der Waals surface area contributed by atoms with Gasteiger partial charge >= 0.3 is 0 Å². The molecule has 0 radical (unpaired) electrons. The summed E-state index contributed by atoms with van der Waals surface area (Å²) in [5.74, 6) is 5.04. The molecule has 0 bridgehead atoms. The van der Waals surface area contributed by atoms with Gasteiger partial charge in [-0.1, -0.05) is 6.92 Å². The first kappa shape index (κ1) is 17.3. The molecule has 1 amide bonds. The lowest BCUT2D eigenvalue weighted by Crippen LogP contribution is -2.35. The Hall–Kier alpha value is -1.71. The quantitative estimate of drug-likeness (QED) is 0.393. The number of hydrogen-bond donors (Lipinski definition) is 4. The molecule has 1 aromatic rings. The van der Waals surface area contributed by atoms with E-state index in [1.54, 1.807) is 6.07 Å². The molecule has 0 aromatic carbocycles. The van der Waals surface area contributed by atoms with Gasteiger partial charge in [-0.05, 0) is 25.5 Å². The molecule has 1 aromatic heterocycles. The summed E-state index contributed by atoms with van der Waals surface area (Å²) in [5, 5.41) is 2.56. The van der Waals surface area contributed by atoms with Crippen LogP contribution in [-0.4, -0.2) is 31.9 Å². The molecule has 5 N–H and O–H groups in total. The molecule has 9 heteroatoms. The molecule has 1 rings (SSSR count). The number of carbonyl (C=O) groups excluding carboxylic acids is 1. The van der Waals surface area contributed by atoms with Crippen LogP contribution < -0.4 is 21.3 Å². The van der Waals surface area contributed by atoms with Crippen molar-refractivity contribution < 1.29 is 13.2 Å². The van der Waals surface area contributed by atoms with Crippen LogP contribution >= 0.6 is 0 Å². The van der Waals surface area contributed by atoms with Crippen molar-refractivity contribution in [2.24, 2.45) is 5.84 Å². The molecule has 21 heavy (non-hydrogen) atoms. The minimum absolute atomic E-state index is 0.00874. The lowest BCUT2D eigenvalue weighted by atomic mass is 10.2. The number of aromatic nitrogens is 1. The molecular formula is C12H21N5O3S. The Morgan fingerprint density at radius 3 is 2.81 bits per heavy atom. The van der Waals surface area contributed by atoms with E-state index in [-0.39, 0.29) is 35.6 Å². The van der Waals surface area contributed by atoms with Crippen LogP contribution in [0.25, 0.3) is 0 Å². The van der Waals surface area contributed by atoms with Gasteiger partial charge in [-0.2, -0.15) is 0 Å². The number of anilines is 1. The zero-order chi connectivity index (χ0) is 15.9. The number of pyridine rings is 1. The Morgan fingerprint density at radius 1 is 1.48 bits per heavy atom. The molecule has 1 atom stereocenters. The lowest BCUT2D eigenvalue weighted by molar-refractivity contribution is -0.121. The number of nitrogens with one attached hydrogen (secondary N) is 3. The molecule has 1 heterocycles. The van der Waals surface area contributed by atoms with E-state index in [0.29, 0.717) is 0 Å². The molecule has 0 saturated heterocycles. The Balaban J connectivity index is 2.60. The number of amides is 1. The van der Waals surface area contributed by atoms with Gasteiger partial charge in [0.15, 0.2) is 5.03 Å². The first-order chi connectivity index (χ1) is 9.90. The molecule has 0 aliphatic carbocycles. The number of carbonyl (C=O) groups is 1. The van der Waals surface area contributed by atoms with Crippen LogP contribution in [0.4, 0.5) is 5.69 Å². The first-order valence-corrected chi connectivity index (χ1v) is 8.09. The van der Waals surface area contributed by atoms with E-state index < -0.39 is 10.0 Å². The largest absolute Gasteiger partial charge is 0.354 e. The Bertz CT molecular complexity index is 576. The van der Waals surface area contributed by atoms with Gasteiger partial charge in [0.1, 0.15) is 0 Å². The van der Waals surface area contributed by atoms with E-state index >= 15 is 0 Å². The highest BCUT2D eigenvalue weighted by atomic mass is 32.2. The zero-order valence-electron chi connectivity index (χ0n) is 12.1. The number of hydrogen-bond acceptors (Lipinski definition) is 6. The van der Waals surface area contributed by atoms with E-state index in [1.807, 2.05) is 13.8 Å².